The lowest BCUT2D eigenvalue weighted by atomic mass is 10.3. The predicted molar refractivity (Wildman–Crippen MR) is 78.6 cm³/mol. The molecule has 2 rings (SSSR count). The number of hydrogen-bond acceptors (Lipinski definition) is 4. The number of carbonyl (C=O) groups is 1. The highest BCUT2D eigenvalue weighted by atomic mass is 16.2. The van der Waals surface area contributed by atoms with Crippen LogP contribution < -0.4 is 5.32 Å². The maximum absolute atomic E-state index is 12.2. The molecule has 1 amide bonds. The van der Waals surface area contributed by atoms with Crippen molar-refractivity contribution < 1.29 is 4.79 Å². The Morgan fingerprint density at radius 3 is 2.70 bits per heavy atom. The second kappa shape index (κ2) is 6.85. The lowest BCUT2D eigenvalue weighted by Gasteiger charge is -2.29. The Labute approximate surface area is 120 Å². The van der Waals surface area contributed by atoms with Crippen LogP contribution in [-0.4, -0.2) is 71.8 Å². The first kappa shape index (κ1) is 15.0. The van der Waals surface area contributed by atoms with Crippen molar-refractivity contribution in [2.75, 3.05) is 46.3 Å². The molecular formula is C14H25N5O. The predicted octanol–water partition coefficient (Wildman–Crippen LogP) is -0.136. The molecular weight excluding hydrogens is 254 g/mol. The fourth-order valence-corrected chi connectivity index (χ4v) is 2.43. The largest absolute Gasteiger partial charge is 0.343 e. The Balaban J connectivity index is 1.78. The third-order valence-corrected chi connectivity index (χ3v) is 3.78. The van der Waals surface area contributed by atoms with Crippen LogP contribution >= 0.6 is 0 Å². The molecule has 0 aromatic carbocycles. The van der Waals surface area contributed by atoms with Gasteiger partial charge in [0.2, 0.25) is 5.91 Å². The number of amides is 1. The number of nitrogens with zero attached hydrogens (tertiary/aromatic N) is 4. The summed E-state index contributed by atoms with van der Waals surface area (Å²) in [5.74, 6) is 0.117. The van der Waals surface area contributed by atoms with E-state index in [0.717, 1.165) is 50.7 Å². The van der Waals surface area contributed by atoms with E-state index < -0.39 is 0 Å². The van der Waals surface area contributed by atoms with Crippen LogP contribution in [0.25, 0.3) is 0 Å². The fourth-order valence-electron chi connectivity index (χ4n) is 2.43. The van der Waals surface area contributed by atoms with Gasteiger partial charge in [-0.15, -0.1) is 0 Å². The number of aromatic nitrogens is 2. The normalized spacial score (nSPS) is 16.4. The maximum atomic E-state index is 12.2. The van der Waals surface area contributed by atoms with E-state index in [1.54, 1.807) is 9.58 Å². The maximum Gasteiger partial charge on any atom is 0.244 e. The molecule has 1 saturated heterocycles. The molecule has 0 spiro atoms. The molecule has 0 radical (unpaired) electrons. The zero-order valence-electron chi connectivity index (χ0n) is 12.7. The molecule has 0 saturated carbocycles. The summed E-state index contributed by atoms with van der Waals surface area (Å²) in [5, 5.41) is 7.67. The van der Waals surface area contributed by atoms with Gasteiger partial charge in [-0.05, 0) is 19.9 Å². The van der Waals surface area contributed by atoms with Gasteiger partial charge in [0, 0.05) is 52.0 Å². The minimum absolute atomic E-state index is 0.117. The van der Waals surface area contributed by atoms with Crippen molar-refractivity contribution in [2.45, 2.75) is 20.4 Å². The molecule has 0 bridgehead atoms. The molecule has 0 unspecified atom stereocenters. The van der Waals surface area contributed by atoms with Crippen LogP contribution in [0.5, 0.6) is 0 Å². The van der Waals surface area contributed by atoms with E-state index in [4.69, 9.17) is 0 Å². The topological polar surface area (TPSA) is 53.4 Å². The van der Waals surface area contributed by atoms with E-state index in [2.05, 4.69) is 15.3 Å². The van der Waals surface area contributed by atoms with Gasteiger partial charge in [0.05, 0.1) is 5.69 Å². The third kappa shape index (κ3) is 4.05. The number of carbonyl (C=O) groups excluding carboxylic acids is 1. The van der Waals surface area contributed by atoms with E-state index >= 15 is 0 Å². The molecule has 0 atom stereocenters. The standard InChI is InChI=1S/C14H25N5O/c1-12-10-13(2)19(16-12)11-14(20)17(3)8-9-18-6-4-15-5-7-18/h10,15H,4-9,11H2,1-3H3. The molecule has 6 nitrogen and oxygen atoms in total. The van der Waals surface area contributed by atoms with E-state index in [1.165, 1.54) is 0 Å². The van der Waals surface area contributed by atoms with Gasteiger partial charge < -0.3 is 10.2 Å². The molecule has 1 aromatic heterocycles. The highest BCUT2D eigenvalue weighted by molar-refractivity contribution is 5.75. The van der Waals surface area contributed by atoms with Crippen LogP contribution in [0.2, 0.25) is 0 Å². The highest BCUT2D eigenvalue weighted by Gasteiger charge is 2.14. The van der Waals surface area contributed by atoms with Crippen molar-refractivity contribution in [1.29, 1.82) is 0 Å². The number of rotatable bonds is 5. The summed E-state index contributed by atoms with van der Waals surface area (Å²) in [7, 11) is 1.87. The fraction of sp³-hybridized carbons (Fsp3) is 0.714. The van der Waals surface area contributed by atoms with Gasteiger partial charge in [-0.3, -0.25) is 14.4 Å². The second-order valence-electron chi connectivity index (χ2n) is 5.49. The van der Waals surface area contributed by atoms with E-state index in [9.17, 15) is 4.79 Å². The van der Waals surface area contributed by atoms with Gasteiger partial charge in [-0.25, -0.2) is 0 Å². The number of nitrogens with one attached hydrogen (secondary N) is 1. The zero-order chi connectivity index (χ0) is 14.5. The molecule has 1 aromatic rings. The monoisotopic (exact) mass is 279 g/mol. The molecule has 1 fully saturated rings. The van der Waals surface area contributed by atoms with Crippen molar-refractivity contribution in [3.63, 3.8) is 0 Å². The highest BCUT2D eigenvalue weighted by Crippen LogP contribution is 2.02. The summed E-state index contributed by atoms with van der Waals surface area (Å²) in [6.45, 7) is 10.2. The minimum Gasteiger partial charge on any atom is -0.343 e. The van der Waals surface area contributed by atoms with Gasteiger partial charge in [0.25, 0.3) is 0 Å². The minimum atomic E-state index is 0.117. The first-order valence-corrected chi connectivity index (χ1v) is 7.24. The van der Waals surface area contributed by atoms with Gasteiger partial charge >= 0.3 is 0 Å². The first-order chi connectivity index (χ1) is 9.56. The quantitative estimate of drug-likeness (QED) is 0.815. The Kier molecular flexibility index (Phi) is 5.14. The third-order valence-electron chi connectivity index (χ3n) is 3.78. The number of likely N-dealkylation sites (N-methyl/N-ethyl adjacent to an activating group) is 1. The summed E-state index contributed by atoms with van der Waals surface area (Å²) < 4.78 is 1.78. The molecule has 1 aliphatic rings. The van der Waals surface area contributed by atoms with E-state index in [-0.39, 0.29) is 5.91 Å². The SMILES string of the molecule is Cc1cc(C)n(CC(=O)N(C)CCN2CCNCC2)n1. The summed E-state index contributed by atoms with van der Waals surface area (Å²) in [6, 6.07) is 1.99. The molecule has 0 aliphatic carbocycles. The van der Waals surface area contributed by atoms with Gasteiger partial charge in [-0.1, -0.05) is 0 Å². The Hall–Kier alpha value is -1.40. The van der Waals surface area contributed by atoms with Gasteiger partial charge in [-0.2, -0.15) is 5.10 Å². The summed E-state index contributed by atoms with van der Waals surface area (Å²) in [4.78, 5) is 16.4. The second-order valence-corrected chi connectivity index (χ2v) is 5.49. The summed E-state index contributed by atoms with van der Waals surface area (Å²) >= 11 is 0. The van der Waals surface area contributed by atoms with Gasteiger partial charge in [0.1, 0.15) is 6.54 Å². The van der Waals surface area contributed by atoms with Crippen LogP contribution in [0, 0.1) is 13.8 Å². The smallest absolute Gasteiger partial charge is 0.244 e. The molecule has 1 aliphatic heterocycles. The average Bonchev–Trinajstić information content (AvgIpc) is 2.75. The molecule has 1 N–H and O–H groups in total. The number of hydrogen-bond donors (Lipinski definition) is 1. The van der Waals surface area contributed by atoms with Gasteiger partial charge in [0.15, 0.2) is 0 Å². The Morgan fingerprint density at radius 1 is 1.40 bits per heavy atom. The van der Waals surface area contributed by atoms with E-state index in [0.29, 0.717) is 6.54 Å². The summed E-state index contributed by atoms with van der Waals surface area (Å²) in [5.41, 5.74) is 1.99. The van der Waals surface area contributed by atoms with Crippen LogP contribution in [0.15, 0.2) is 6.07 Å². The number of piperazine rings is 1. The average molecular weight is 279 g/mol. The number of aryl methyl sites for hydroxylation is 2. The van der Waals surface area contributed by atoms with E-state index in [1.807, 2.05) is 27.0 Å². The van der Waals surface area contributed by atoms with Crippen LogP contribution in [-0.2, 0) is 11.3 Å². The van der Waals surface area contributed by atoms with Crippen molar-refractivity contribution in [3.05, 3.63) is 17.5 Å². The Morgan fingerprint density at radius 2 is 2.10 bits per heavy atom. The molecule has 20 heavy (non-hydrogen) atoms. The lowest BCUT2D eigenvalue weighted by Crippen LogP contribution is -2.46. The van der Waals surface area contributed by atoms with Crippen LogP contribution in [0.3, 0.4) is 0 Å². The molecule has 112 valence electrons. The summed E-state index contributed by atoms with van der Waals surface area (Å²) in [6.07, 6.45) is 0. The van der Waals surface area contributed by atoms with Crippen molar-refractivity contribution in [2.24, 2.45) is 0 Å². The molecule has 6 heteroatoms. The molecule has 2 heterocycles. The lowest BCUT2D eigenvalue weighted by molar-refractivity contribution is -0.131. The van der Waals surface area contributed by atoms with Crippen molar-refractivity contribution >= 4 is 5.91 Å². The van der Waals surface area contributed by atoms with Crippen LogP contribution in [0.1, 0.15) is 11.4 Å². The first-order valence-electron chi connectivity index (χ1n) is 7.24. The van der Waals surface area contributed by atoms with Crippen molar-refractivity contribution in [3.8, 4) is 0 Å². The Bertz CT molecular complexity index is 450. The van der Waals surface area contributed by atoms with Crippen LogP contribution in [0.4, 0.5) is 0 Å². The van der Waals surface area contributed by atoms with Crippen molar-refractivity contribution in [1.82, 2.24) is 24.9 Å². The zero-order valence-corrected chi connectivity index (χ0v) is 12.7.